The lowest BCUT2D eigenvalue weighted by molar-refractivity contribution is 0.560. The maximum absolute atomic E-state index is 12.3. The molecule has 108 valence electrons. The van der Waals surface area contributed by atoms with E-state index in [9.17, 15) is 8.42 Å². The third-order valence-corrected chi connectivity index (χ3v) is 4.55. The maximum Gasteiger partial charge on any atom is 0.258 e. The van der Waals surface area contributed by atoms with Crippen molar-refractivity contribution in [1.82, 2.24) is 14.5 Å². The summed E-state index contributed by atoms with van der Waals surface area (Å²) in [5.74, 6) is 0. The molecule has 1 N–H and O–H groups in total. The summed E-state index contributed by atoms with van der Waals surface area (Å²) < 4.78 is 28.4. The lowest BCUT2D eigenvalue weighted by Crippen LogP contribution is -2.31. The van der Waals surface area contributed by atoms with E-state index < -0.39 is 10.0 Å². The minimum absolute atomic E-state index is 0.0666. The molecule has 0 amide bonds. The van der Waals surface area contributed by atoms with Gasteiger partial charge >= 0.3 is 0 Å². The van der Waals surface area contributed by atoms with Crippen LogP contribution in [-0.2, 0) is 10.0 Å². The third-order valence-electron chi connectivity index (χ3n) is 2.61. The smallest absolute Gasteiger partial charge is 0.219 e. The van der Waals surface area contributed by atoms with Gasteiger partial charge in [0, 0.05) is 6.04 Å². The maximum atomic E-state index is 12.3. The van der Waals surface area contributed by atoms with Crippen molar-refractivity contribution < 1.29 is 8.42 Å². The van der Waals surface area contributed by atoms with Gasteiger partial charge in [0.05, 0.1) is 16.9 Å². The van der Waals surface area contributed by atoms with Crippen LogP contribution in [0.5, 0.6) is 0 Å². The summed E-state index contributed by atoms with van der Waals surface area (Å²) in [6.45, 7) is 5.44. The lowest BCUT2D eigenvalue weighted by atomic mass is 10.2. The van der Waals surface area contributed by atoms with Crippen molar-refractivity contribution in [3.63, 3.8) is 0 Å². The van der Waals surface area contributed by atoms with Crippen LogP contribution in [0.2, 0.25) is 5.02 Å². The van der Waals surface area contributed by atoms with E-state index in [1.807, 2.05) is 13.0 Å². The molecule has 1 aromatic heterocycles. The summed E-state index contributed by atoms with van der Waals surface area (Å²) in [5, 5.41) is 4.58. The Labute approximate surface area is 123 Å². The highest BCUT2D eigenvalue weighted by Crippen LogP contribution is 2.24. The van der Waals surface area contributed by atoms with Crippen LogP contribution in [0, 0.1) is 6.92 Å². The molecule has 0 unspecified atom stereocenters. The third kappa shape index (κ3) is 3.03. The minimum Gasteiger partial charge on any atom is -0.219 e. The van der Waals surface area contributed by atoms with Gasteiger partial charge in [0.2, 0.25) is 0 Å². The van der Waals surface area contributed by atoms with Crippen molar-refractivity contribution in [1.29, 1.82) is 0 Å². The summed E-state index contributed by atoms with van der Waals surface area (Å²) in [5.41, 5.74) is 1.53. The number of hydrogen-bond donors (Lipinski definition) is 1. The van der Waals surface area contributed by atoms with Crippen LogP contribution in [-0.4, -0.2) is 24.2 Å². The van der Waals surface area contributed by atoms with Gasteiger partial charge < -0.3 is 0 Å². The van der Waals surface area contributed by atoms with Crippen molar-refractivity contribution in [3.05, 3.63) is 41.0 Å². The van der Waals surface area contributed by atoms with Crippen molar-refractivity contribution in [2.24, 2.45) is 0 Å². The Morgan fingerprint density at radius 1 is 1.30 bits per heavy atom. The normalized spacial score (nSPS) is 12.1. The molecule has 7 heteroatoms. The van der Waals surface area contributed by atoms with Gasteiger partial charge in [-0.3, -0.25) is 0 Å². The van der Waals surface area contributed by atoms with E-state index in [0.29, 0.717) is 10.7 Å². The molecule has 20 heavy (non-hydrogen) atoms. The first kappa shape index (κ1) is 15.0. The van der Waals surface area contributed by atoms with E-state index in [1.54, 1.807) is 26.0 Å². The van der Waals surface area contributed by atoms with E-state index in [-0.39, 0.29) is 11.1 Å². The van der Waals surface area contributed by atoms with E-state index in [2.05, 4.69) is 9.82 Å². The van der Waals surface area contributed by atoms with Crippen molar-refractivity contribution >= 4 is 21.6 Å². The highest BCUT2D eigenvalue weighted by molar-refractivity contribution is 7.89. The molecule has 0 saturated heterocycles. The Morgan fingerprint density at radius 3 is 2.60 bits per heavy atom. The number of aromatic nitrogens is 2. The standard InChI is InChI=1S/C13H16ClN3O2S/c1-9(2)16-20(18,19)13-6-7-15-17(13)12-5-4-10(3)8-11(12)14/h4-9,16H,1-3H3. The molecule has 0 spiro atoms. The highest BCUT2D eigenvalue weighted by atomic mass is 35.5. The average Bonchev–Trinajstić information content (AvgIpc) is 2.76. The Kier molecular flexibility index (Phi) is 4.17. The molecule has 0 fully saturated rings. The van der Waals surface area contributed by atoms with Gasteiger partial charge in [0.25, 0.3) is 10.0 Å². The summed E-state index contributed by atoms with van der Waals surface area (Å²) in [4.78, 5) is 0. The highest BCUT2D eigenvalue weighted by Gasteiger charge is 2.22. The van der Waals surface area contributed by atoms with Crippen LogP contribution < -0.4 is 4.72 Å². The first-order valence-corrected chi connectivity index (χ1v) is 8.00. The number of benzene rings is 1. The SMILES string of the molecule is Cc1ccc(-n2nccc2S(=O)(=O)NC(C)C)c(Cl)c1. The quantitative estimate of drug-likeness (QED) is 0.943. The molecule has 0 aliphatic rings. The summed E-state index contributed by atoms with van der Waals surface area (Å²) in [6, 6.07) is 6.62. The second kappa shape index (κ2) is 5.55. The number of halogens is 1. The topological polar surface area (TPSA) is 64.0 Å². The first-order chi connectivity index (χ1) is 9.31. The Balaban J connectivity index is 2.54. The zero-order valence-corrected chi connectivity index (χ0v) is 13.0. The van der Waals surface area contributed by atoms with Crippen molar-refractivity contribution in [2.75, 3.05) is 0 Å². The molecule has 1 heterocycles. The second-order valence-electron chi connectivity index (χ2n) is 4.81. The second-order valence-corrected chi connectivity index (χ2v) is 6.88. The van der Waals surface area contributed by atoms with Crippen LogP contribution in [0.1, 0.15) is 19.4 Å². The molecule has 2 aromatic rings. The molecule has 1 aromatic carbocycles. The van der Waals surface area contributed by atoms with Gasteiger partial charge in [-0.05, 0) is 44.5 Å². The van der Waals surface area contributed by atoms with Gasteiger partial charge in [-0.25, -0.2) is 17.8 Å². The molecule has 0 atom stereocenters. The molecular weight excluding hydrogens is 298 g/mol. The van der Waals surface area contributed by atoms with Crippen molar-refractivity contribution in [2.45, 2.75) is 31.8 Å². The zero-order chi connectivity index (χ0) is 14.9. The molecule has 5 nitrogen and oxygen atoms in total. The molecule has 0 radical (unpaired) electrons. The van der Waals surface area contributed by atoms with Crippen LogP contribution in [0.3, 0.4) is 0 Å². The van der Waals surface area contributed by atoms with Gasteiger partial charge in [-0.2, -0.15) is 5.10 Å². The van der Waals surface area contributed by atoms with E-state index in [4.69, 9.17) is 11.6 Å². The first-order valence-electron chi connectivity index (χ1n) is 6.14. The molecule has 0 saturated carbocycles. The fraction of sp³-hybridized carbons (Fsp3) is 0.308. The van der Waals surface area contributed by atoms with Gasteiger partial charge in [-0.15, -0.1) is 0 Å². The fourth-order valence-corrected chi connectivity index (χ4v) is 3.50. The molecule has 0 aliphatic heterocycles. The number of nitrogens with one attached hydrogen (secondary N) is 1. The Bertz CT molecular complexity index is 723. The van der Waals surface area contributed by atoms with E-state index in [0.717, 1.165) is 5.56 Å². The molecule has 0 aliphatic carbocycles. The minimum atomic E-state index is -3.63. The van der Waals surface area contributed by atoms with Crippen LogP contribution in [0.15, 0.2) is 35.5 Å². The van der Waals surface area contributed by atoms with Gasteiger partial charge in [0.1, 0.15) is 0 Å². The summed E-state index contributed by atoms with van der Waals surface area (Å²) >= 11 is 6.17. The Morgan fingerprint density at radius 2 is 2.00 bits per heavy atom. The van der Waals surface area contributed by atoms with E-state index >= 15 is 0 Å². The Hall–Kier alpha value is -1.37. The predicted molar refractivity (Wildman–Crippen MR) is 78.8 cm³/mol. The number of sulfonamides is 1. The van der Waals surface area contributed by atoms with Gasteiger partial charge in [0.15, 0.2) is 5.03 Å². The summed E-state index contributed by atoms with van der Waals surface area (Å²) in [7, 11) is -3.63. The predicted octanol–water partition coefficient (Wildman–Crippen LogP) is 2.52. The molecule has 2 rings (SSSR count). The lowest BCUT2D eigenvalue weighted by Gasteiger charge is -2.12. The molecular formula is C13H16ClN3O2S. The van der Waals surface area contributed by atoms with E-state index in [1.165, 1.54) is 16.9 Å². The van der Waals surface area contributed by atoms with Crippen molar-refractivity contribution in [3.8, 4) is 5.69 Å². The largest absolute Gasteiger partial charge is 0.258 e. The molecule has 0 bridgehead atoms. The number of nitrogens with zero attached hydrogens (tertiary/aromatic N) is 2. The number of rotatable bonds is 4. The number of aryl methyl sites for hydroxylation is 1. The summed E-state index contributed by atoms with van der Waals surface area (Å²) in [6.07, 6.45) is 1.44. The van der Waals surface area contributed by atoms with Crippen LogP contribution in [0.25, 0.3) is 5.69 Å². The van der Waals surface area contributed by atoms with Gasteiger partial charge in [-0.1, -0.05) is 17.7 Å². The zero-order valence-electron chi connectivity index (χ0n) is 11.5. The fourth-order valence-electron chi connectivity index (χ4n) is 1.83. The monoisotopic (exact) mass is 313 g/mol. The van der Waals surface area contributed by atoms with Crippen LogP contribution >= 0.6 is 11.6 Å². The average molecular weight is 314 g/mol. The van der Waals surface area contributed by atoms with Crippen LogP contribution in [0.4, 0.5) is 0 Å². The number of hydrogen-bond acceptors (Lipinski definition) is 3.